The number of rotatable bonds is 10. The van der Waals surface area contributed by atoms with Crippen molar-refractivity contribution in [2.45, 2.75) is 122 Å². The summed E-state index contributed by atoms with van der Waals surface area (Å²) in [7, 11) is 0. The molecule has 0 radical (unpaired) electrons. The zero-order valence-corrected chi connectivity index (χ0v) is 45.7. The van der Waals surface area contributed by atoms with Crippen LogP contribution in [0.25, 0.3) is 33.9 Å². The molecule has 2 aromatic heterocycles. The van der Waals surface area contributed by atoms with E-state index in [4.69, 9.17) is 86.2 Å². The fraction of sp³-hybridized carbons (Fsp3) is 0.456. The molecule has 8 fully saturated rings. The van der Waals surface area contributed by atoms with Gasteiger partial charge in [-0.3, -0.25) is 4.79 Å². The average molecular weight is 1100 g/mol. The van der Waals surface area contributed by atoms with E-state index < -0.39 is 0 Å². The molecule has 376 valence electrons. The van der Waals surface area contributed by atoms with Crippen molar-refractivity contribution in [2.24, 2.45) is 52.4 Å². The Bertz CT molecular complexity index is 2820. The maximum absolute atomic E-state index is 13.3. The Morgan fingerprint density at radius 2 is 0.930 bits per heavy atom. The summed E-state index contributed by atoms with van der Waals surface area (Å²) in [6.45, 7) is 4.43. The molecule has 0 aliphatic heterocycles. The quantitative estimate of drug-likeness (QED) is 0.142. The Morgan fingerprint density at radius 1 is 0.563 bits per heavy atom. The number of carbonyl (C=O) groups excluding carboxylic acids is 1. The number of nitrogens with two attached hydrogens (primary N) is 2. The van der Waals surface area contributed by atoms with Crippen molar-refractivity contribution in [3.8, 4) is 33.9 Å². The van der Waals surface area contributed by atoms with E-state index in [1.54, 1.807) is 22.9 Å². The van der Waals surface area contributed by atoms with E-state index in [0.717, 1.165) is 98.3 Å². The number of nitrogens with zero attached hydrogens (tertiary/aromatic N) is 4. The molecule has 6 aromatic rings. The number of hydrogen-bond acceptors (Lipinski definition) is 5. The fourth-order valence-corrected chi connectivity index (χ4v) is 15.7. The summed E-state index contributed by atoms with van der Waals surface area (Å²) >= 11 is 37.3. The predicted molar refractivity (Wildman–Crippen MR) is 296 cm³/mol. The topological polar surface area (TPSA) is 105 Å². The minimum absolute atomic E-state index is 0. The number of Topliss-reactive ketones (excluding diaryl/α,β-unsaturated/α-hetero) is 1. The van der Waals surface area contributed by atoms with Gasteiger partial charge in [0.2, 0.25) is 0 Å². The van der Waals surface area contributed by atoms with E-state index in [1.165, 1.54) is 77.0 Å². The maximum atomic E-state index is 13.3. The number of benzene rings is 4. The van der Waals surface area contributed by atoms with Crippen LogP contribution in [0, 0.1) is 54.8 Å². The van der Waals surface area contributed by atoms with E-state index in [0.29, 0.717) is 60.8 Å². The molecule has 14 heteroatoms. The maximum Gasteiger partial charge on any atom is 0.133 e. The SMILES string of the molecule is Cc1c(CCC(=O)CC23CC4CC(CC(C4)C2)C3)nn(-c2ccc(Cl)cc2Cl)c1-c1ccc(Cl)cc1.Cc1c(CN)nn(-c2ccc(Cl)cc2Cl)c1-c1ccc(Cl)cc1.Cl.NC12CC3CC(CC(C3)C1)C2. The van der Waals surface area contributed by atoms with Crippen LogP contribution in [-0.4, -0.2) is 30.9 Å². The molecule has 4 aromatic carbocycles. The van der Waals surface area contributed by atoms with Crippen LogP contribution in [0.2, 0.25) is 30.1 Å². The van der Waals surface area contributed by atoms with Crippen LogP contribution >= 0.6 is 82.0 Å². The standard InChI is InChI=1S/C30H31Cl3N2O.C17H14Cl3N3.C10H17N.ClH/c1-18-27(8-7-25(36)17-30-14-19-10-20(15-30)12-21(11-19)16-30)34-35(28-9-6-24(32)13-26(28)33)29(18)22-2-4-23(31)5-3-22;1-10-15(9-21)22-23(16-7-6-13(19)8-14(16)20)17(10)11-2-4-12(18)5-3-11;11-10-4-7-1-8(5-10)3-9(2-7)6-10;/h2-6,9,13,19-21H,7-8,10-12,14-17H2,1H3;2-8H,9,21H2,1H3;7-9H,1-6,11H2;1H. The monoisotopic (exact) mass is 1090 g/mol. The van der Waals surface area contributed by atoms with E-state index in [1.807, 2.05) is 78.3 Å². The minimum atomic E-state index is 0. The molecule has 8 bridgehead atoms. The smallest absolute Gasteiger partial charge is 0.133 e. The van der Waals surface area contributed by atoms with E-state index >= 15 is 0 Å². The van der Waals surface area contributed by atoms with E-state index in [9.17, 15) is 4.79 Å². The van der Waals surface area contributed by atoms with Gasteiger partial charge in [-0.25, -0.2) is 9.36 Å². The molecule has 0 atom stereocenters. The first-order valence-electron chi connectivity index (χ1n) is 25.1. The molecule has 14 rings (SSSR count). The Morgan fingerprint density at radius 3 is 1.31 bits per heavy atom. The highest BCUT2D eigenvalue weighted by Crippen LogP contribution is 2.61. The van der Waals surface area contributed by atoms with Gasteiger partial charge in [0.15, 0.2) is 0 Å². The Balaban J connectivity index is 0.000000151. The second kappa shape index (κ2) is 21.6. The molecule has 8 aliphatic carbocycles. The van der Waals surface area contributed by atoms with Gasteiger partial charge in [-0.15, -0.1) is 12.4 Å². The minimum Gasteiger partial charge on any atom is -0.325 e. The summed E-state index contributed by atoms with van der Waals surface area (Å²) in [5.41, 5.74) is 22.0. The first-order valence-corrected chi connectivity index (χ1v) is 27.4. The van der Waals surface area contributed by atoms with Gasteiger partial charge in [-0.2, -0.15) is 10.2 Å². The third kappa shape index (κ3) is 11.5. The molecule has 4 N–H and O–H groups in total. The number of aryl methyl sites for hydroxylation is 1. The summed E-state index contributed by atoms with van der Waals surface area (Å²) in [4.78, 5) is 13.3. The molecule has 0 amide bonds. The molecule has 7 nitrogen and oxygen atoms in total. The lowest BCUT2D eigenvalue weighted by molar-refractivity contribution is -0.127. The zero-order valence-electron chi connectivity index (χ0n) is 40.4. The number of halogens is 7. The lowest BCUT2D eigenvalue weighted by Gasteiger charge is -2.56. The molecule has 0 spiro atoms. The second-order valence-electron chi connectivity index (χ2n) is 22.0. The lowest BCUT2D eigenvalue weighted by atomic mass is 9.48. The van der Waals surface area contributed by atoms with Crippen LogP contribution in [-0.2, 0) is 17.8 Å². The van der Waals surface area contributed by atoms with Crippen LogP contribution in [0.1, 0.15) is 112 Å². The Labute approximate surface area is 455 Å². The van der Waals surface area contributed by atoms with E-state index in [2.05, 4.69) is 12.0 Å². The highest BCUT2D eigenvalue weighted by molar-refractivity contribution is 6.36. The van der Waals surface area contributed by atoms with Gasteiger partial charge in [0, 0.05) is 56.1 Å². The summed E-state index contributed by atoms with van der Waals surface area (Å²) in [6, 6.07) is 26.1. The van der Waals surface area contributed by atoms with Crippen LogP contribution in [0.3, 0.4) is 0 Å². The largest absolute Gasteiger partial charge is 0.325 e. The van der Waals surface area contributed by atoms with Crippen molar-refractivity contribution >= 4 is 87.8 Å². The Hall–Kier alpha value is -3.08. The normalized spacial score (nSPS) is 26.3. The zero-order chi connectivity index (χ0) is 49.1. The summed E-state index contributed by atoms with van der Waals surface area (Å²) in [5.74, 6) is 6.06. The molecule has 8 saturated carbocycles. The van der Waals surface area contributed by atoms with Gasteiger partial charge in [-0.1, -0.05) is 93.9 Å². The summed E-state index contributed by atoms with van der Waals surface area (Å²) in [6.07, 6.45) is 18.5. The highest BCUT2D eigenvalue weighted by atomic mass is 35.5. The summed E-state index contributed by atoms with van der Waals surface area (Å²) in [5, 5.41) is 13.2. The molecule has 0 saturated heterocycles. The van der Waals surface area contributed by atoms with Gasteiger partial charge in [0.25, 0.3) is 0 Å². The molecule has 0 unspecified atom stereocenters. The number of aromatic nitrogens is 4. The number of carbonyl (C=O) groups is 1. The highest BCUT2D eigenvalue weighted by Gasteiger charge is 2.51. The molecular formula is C57H63Cl7N6O. The van der Waals surface area contributed by atoms with Gasteiger partial charge in [0.1, 0.15) is 5.78 Å². The molecule has 71 heavy (non-hydrogen) atoms. The first-order chi connectivity index (χ1) is 33.5. The third-order valence-corrected chi connectivity index (χ3v) is 18.2. The second-order valence-corrected chi connectivity index (χ2v) is 24.5. The van der Waals surface area contributed by atoms with Crippen LogP contribution in [0.5, 0.6) is 0 Å². The van der Waals surface area contributed by atoms with Gasteiger partial charge in [0.05, 0.1) is 44.2 Å². The lowest BCUT2D eigenvalue weighted by Crippen LogP contribution is -2.55. The van der Waals surface area contributed by atoms with Crippen LogP contribution in [0.15, 0.2) is 84.9 Å². The molecule has 8 aliphatic rings. The average Bonchev–Trinajstić information content (AvgIpc) is 3.80. The van der Waals surface area contributed by atoms with Crippen LogP contribution < -0.4 is 11.5 Å². The fourth-order valence-electron chi connectivity index (χ4n) is 14.5. The van der Waals surface area contributed by atoms with Crippen molar-refractivity contribution in [1.82, 2.24) is 19.6 Å². The predicted octanol–water partition coefficient (Wildman–Crippen LogP) is 16.5. The van der Waals surface area contributed by atoms with Crippen molar-refractivity contribution < 1.29 is 4.79 Å². The van der Waals surface area contributed by atoms with Gasteiger partial charge >= 0.3 is 0 Å². The number of hydrogen-bond donors (Lipinski definition) is 2. The van der Waals surface area contributed by atoms with Crippen molar-refractivity contribution in [3.05, 3.63) is 138 Å². The van der Waals surface area contributed by atoms with E-state index in [-0.39, 0.29) is 17.8 Å². The van der Waals surface area contributed by atoms with Crippen molar-refractivity contribution in [3.63, 3.8) is 0 Å². The van der Waals surface area contributed by atoms with Crippen molar-refractivity contribution in [1.29, 1.82) is 0 Å². The van der Waals surface area contributed by atoms with Gasteiger partial charge < -0.3 is 11.5 Å². The summed E-state index contributed by atoms with van der Waals surface area (Å²) < 4.78 is 3.69. The van der Waals surface area contributed by atoms with Gasteiger partial charge in [-0.05, 0) is 210 Å². The third-order valence-electron chi connectivity index (χ3n) is 16.6. The molecular weight excluding hydrogens is 1030 g/mol. The first kappa shape index (κ1) is 52.8. The Kier molecular flexibility index (Phi) is 16.1. The van der Waals surface area contributed by atoms with Crippen LogP contribution in [0.4, 0.5) is 0 Å². The molecule has 2 heterocycles. The number of ketones is 1. The van der Waals surface area contributed by atoms with Crippen molar-refractivity contribution in [2.75, 3.05) is 0 Å².